The summed E-state index contributed by atoms with van der Waals surface area (Å²) in [4.78, 5) is 12.0. The van der Waals surface area contributed by atoms with Crippen molar-refractivity contribution in [1.82, 2.24) is 0 Å². The Balaban J connectivity index is 2.08. The maximum atomic E-state index is 12.0. The van der Waals surface area contributed by atoms with Crippen LogP contribution in [0.1, 0.15) is 37.8 Å². The average Bonchev–Trinajstić information content (AvgIpc) is 2.42. The molecule has 2 aliphatic carbocycles. The number of ether oxygens (including phenoxy) is 1. The first-order chi connectivity index (χ1) is 10.00. The van der Waals surface area contributed by atoms with Gasteiger partial charge in [0, 0.05) is 5.41 Å². The monoisotopic (exact) mass is 284 g/mol. The first-order valence-corrected chi connectivity index (χ1v) is 7.46. The van der Waals surface area contributed by atoms with E-state index < -0.39 is 0 Å². The van der Waals surface area contributed by atoms with Crippen molar-refractivity contribution in [2.45, 2.75) is 44.6 Å². The van der Waals surface area contributed by atoms with Gasteiger partial charge in [-0.3, -0.25) is 4.79 Å². The quantitative estimate of drug-likeness (QED) is 0.905. The van der Waals surface area contributed by atoms with Crippen LogP contribution >= 0.6 is 0 Å². The van der Waals surface area contributed by atoms with E-state index in [1.54, 1.807) is 12.1 Å². The third kappa shape index (κ3) is 2.48. The molecule has 3 heteroatoms. The largest absolute Gasteiger partial charge is 0.508 e. The summed E-state index contributed by atoms with van der Waals surface area (Å²) < 4.78 is 5.68. The number of hydrogen-bond acceptors (Lipinski definition) is 3. The first kappa shape index (κ1) is 13.9. The number of allylic oxidation sites excluding steroid dienone is 3. The van der Waals surface area contributed by atoms with E-state index >= 15 is 0 Å². The number of ketones is 1. The second-order valence-electron chi connectivity index (χ2n) is 6.11. The van der Waals surface area contributed by atoms with Crippen LogP contribution in [-0.4, -0.2) is 17.0 Å². The molecular formula is C18H20O3. The van der Waals surface area contributed by atoms with Crippen molar-refractivity contribution < 1.29 is 14.6 Å². The number of carbonyl (C=O) groups excluding carboxylic acids is 1. The summed E-state index contributed by atoms with van der Waals surface area (Å²) >= 11 is 0. The highest BCUT2D eigenvalue weighted by atomic mass is 16.5. The minimum absolute atomic E-state index is 0.0216. The number of rotatable bonds is 2. The van der Waals surface area contributed by atoms with Crippen molar-refractivity contribution in [2.24, 2.45) is 0 Å². The molecule has 0 radical (unpaired) electrons. The van der Waals surface area contributed by atoms with Gasteiger partial charge in [0.05, 0.1) is 6.10 Å². The fraction of sp³-hybridized carbons (Fsp3) is 0.389. The van der Waals surface area contributed by atoms with E-state index in [1.165, 1.54) is 5.56 Å². The highest BCUT2D eigenvalue weighted by molar-refractivity contribution is 6.04. The summed E-state index contributed by atoms with van der Waals surface area (Å²) in [5.74, 6) is 0.665. The summed E-state index contributed by atoms with van der Waals surface area (Å²) in [5.41, 5.74) is 2.04. The average molecular weight is 284 g/mol. The second kappa shape index (κ2) is 5.06. The number of carbonyl (C=O) groups is 1. The van der Waals surface area contributed by atoms with Gasteiger partial charge in [0.15, 0.2) is 5.76 Å². The van der Waals surface area contributed by atoms with Crippen LogP contribution in [0.15, 0.2) is 42.2 Å². The van der Waals surface area contributed by atoms with E-state index in [0.717, 1.165) is 24.8 Å². The zero-order chi connectivity index (χ0) is 15.0. The summed E-state index contributed by atoms with van der Waals surface area (Å²) in [6, 6.07) is 5.51. The Bertz CT molecular complexity index is 640. The third-order valence-electron chi connectivity index (χ3n) is 4.15. The summed E-state index contributed by atoms with van der Waals surface area (Å²) in [6.07, 6.45) is 8.50. The van der Waals surface area contributed by atoms with E-state index in [1.807, 2.05) is 38.1 Å². The van der Waals surface area contributed by atoms with Gasteiger partial charge in [0.2, 0.25) is 5.78 Å². The minimum atomic E-state index is -0.278. The van der Waals surface area contributed by atoms with Gasteiger partial charge in [-0.15, -0.1) is 0 Å². The number of aromatic hydroxyl groups is 1. The van der Waals surface area contributed by atoms with E-state index in [4.69, 9.17) is 4.74 Å². The molecule has 0 saturated heterocycles. The van der Waals surface area contributed by atoms with Gasteiger partial charge >= 0.3 is 0 Å². The van der Waals surface area contributed by atoms with E-state index in [2.05, 4.69) is 0 Å². The molecule has 0 aromatic heterocycles. The Morgan fingerprint density at radius 1 is 1.33 bits per heavy atom. The molecule has 3 rings (SSSR count). The number of hydrogen-bond donors (Lipinski definition) is 1. The van der Waals surface area contributed by atoms with Crippen LogP contribution in [0.3, 0.4) is 0 Å². The number of aryl methyl sites for hydroxylation is 1. The zero-order valence-corrected chi connectivity index (χ0v) is 12.4. The normalized spacial score (nSPS) is 24.1. The molecule has 1 atom stereocenters. The van der Waals surface area contributed by atoms with Crippen molar-refractivity contribution in [1.29, 1.82) is 0 Å². The van der Waals surface area contributed by atoms with E-state index in [9.17, 15) is 9.90 Å². The summed E-state index contributed by atoms with van der Waals surface area (Å²) in [7, 11) is 0. The molecule has 0 bridgehead atoms. The number of phenolic OH excluding ortho intramolecular Hbond substituents is 1. The van der Waals surface area contributed by atoms with Crippen molar-refractivity contribution >= 4 is 5.78 Å². The number of benzene rings is 1. The van der Waals surface area contributed by atoms with Gasteiger partial charge < -0.3 is 9.84 Å². The Morgan fingerprint density at radius 3 is 2.90 bits per heavy atom. The first-order valence-electron chi connectivity index (χ1n) is 7.46. The van der Waals surface area contributed by atoms with Crippen molar-refractivity contribution in [3.05, 3.63) is 53.3 Å². The molecule has 3 nitrogen and oxygen atoms in total. The predicted molar refractivity (Wildman–Crippen MR) is 81.2 cm³/mol. The Hall–Kier alpha value is -2.03. The fourth-order valence-corrected chi connectivity index (χ4v) is 3.28. The van der Waals surface area contributed by atoms with Crippen LogP contribution < -0.4 is 0 Å². The molecular weight excluding hydrogens is 264 g/mol. The van der Waals surface area contributed by atoms with Crippen LogP contribution in [0, 0.1) is 0 Å². The lowest BCUT2D eigenvalue weighted by atomic mass is 9.68. The van der Waals surface area contributed by atoms with Crippen LogP contribution in [0.4, 0.5) is 0 Å². The molecule has 0 fully saturated rings. The third-order valence-corrected chi connectivity index (χ3v) is 4.15. The fourth-order valence-electron chi connectivity index (χ4n) is 3.28. The number of phenols is 1. The molecule has 0 aliphatic heterocycles. The molecule has 2 aliphatic rings. The molecule has 1 spiro atoms. The SMILES string of the molecule is CC(C)OC1=C[C@]2(C=CC1=O)CCCc1cc(O)ccc12. The Labute approximate surface area is 124 Å². The zero-order valence-electron chi connectivity index (χ0n) is 12.4. The van der Waals surface area contributed by atoms with Gasteiger partial charge in [0.25, 0.3) is 0 Å². The molecule has 0 unspecified atom stereocenters. The van der Waals surface area contributed by atoms with E-state index in [0.29, 0.717) is 11.5 Å². The van der Waals surface area contributed by atoms with Gasteiger partial charge in [-0.1, -0.05) is 12.1 Å². The highest BCUT2D eigenvalue weighted by Gasteiger charge is 2.36. The molecule has 0 saturated carbocycles. The van der Waals surface area contributed by atoms with Crippen molar-refractivity contribution in [3.63, 3.8) is 0 Å². The van der Waals surface area contributed by atoms with Crippen molar-refractivity contribution in [3.8, 4) is 5.75 Å². The van der Waals surface area contributed by atoms with E-state index in [-0.39, 0.29) is 17.3 Å². The molecule has 21 heavy (non-hydrogen) atoms. The minimum Gasteiger partial charge on any atom is -0.508 e. The highest BCUT2D eigenvalue weighted by Crippen LogP contribution is 2.43. The summed E-state index contributed by atoms with van der Waals surface area (Å²) in [6.45, 7) is 3.85. The van der Waals surface area contributed by atoms with Gasteiger partial charge in [-0.25, -0.2) is 0 Å². The lowest BCUT2D eigenvalue weighted by molar-refractivity contribution is -0.115. The number of fused-ring (bicyclic) bond motifs is 2. The summed E-state index contributed by atoms with van der Waals surface area (Å²) in [5, 5.41) is 9.68. The van der Waals surface area contributed by atoms with Crippen molar-refractivity contribution in [2.75, 3.05) is 0 Å². The van der Waals surface area contributed by atoms with Crippen LogP contribution in [0.5, 0.6) is 5.75 Å². The lowest BCUT2D eigenvalue weighted by Crippen LogP contribution is -2.31. The Morgan fingerprint density at radius 2 is 2.14 bits per heavy atom. The predicted octanol–water partition coefficient (Wildman–Crippen LogP) is 3.41. The Kier molecular flexibility index (Phi) is 3.36. The standard InChI is InChI=1S/C18H20O3/c1-12(2)21-17-11-18(9-7-16(17)20)8-3-4-13-10-14(19)5-6-15(13)18/h5-7,9-12,19H,3-4,8H2,1-2H3/t18-/m1/s1. The topological polar surface area (TPSA) is 46.5 Å². The maximum Gasteiger partial charge on any atom is 0.219 e. The smallest absolute Gasteiger partial charge is 0.219 e. The van der Waals surface area contributed by atoms with Crippen LogP contribution in [0.2, 0.25) is 0 Å². The molecule has 1 N–H and O–H groups in total. The van der Waals surface area contributed by atoms with Gasteiger partial charge in [0.1, 0.15) is 5.75 Å². The molecule has 1 aromatic carbocycles. The second-order valence-corrected chi connectivity index (χ2v) is 6.11. The lowest BCUT2D eigenvalue weighted by Gasteiger charge is -2.36. The molecule has 0 amide bonds. The molecule has 110 valence electrons. The van der Waals surface area contributed by atoms with Gasteiger partial charge in [-0.2, -0.15) is 0 Å². The van der Waals surface area contributed by atoms with Crippen LogP contribution in [-0.2, 0) is 21.4 Å². The van der Waals surface area contributed by atoms with Gasteiger partial charge in [-0.05, 0) is 68.5 Å². The molecule has 0 heterocycles. The van der Waals surface area contributed by atoms with Crippen LogP contribution in [0.25, 0.3) is 0 Å². The maximum absolute atomic E-state index is 12.0. The molecule has 1 aromatic rings.